The second-order valence-corrected chi connectivity index (χ2v) is 27.5. The standard InChI is InChI=1S/C61H60N14O17S5/c1-22(48(62)78)63-49(79)32-19-96-57(69-32)43-36(77)12-27-41(71-43)31-17-94-55(66-31)30-16-90-59(84)42-28-15-88-45(46(60(85)89-14-26-10-9-11-29(64-42)38(26)28)92-37-13-61(5,86)47(75(6)7)25(4)91-37)44(58-70-33(20-97-58)50(80)65-30)74-52(82)35-21-95-56(68-35)40(24(3)87-8)73-53(83)39(23(2)76)72-51(81)34-18-93-54(27)67-34/h9-12,17-21,23,25,30,37,39,44-47,64,76-77,86H,1,13-16H2,2-8H3,(H2,62,78)(H,63,79)(H,65,80)(H,72,81)(H,73,83)(H,74,82)/b40-24+/t23-,25-,30-,37-,39+,44-,45-,46-,47-,61+/m0/s1. The molecule has 12 rings (SSSR count). The van der Waals surface area contributed by atoms with E-state index in [4.69, 9.17) is 49.1 Å². The van der Waals surface area contributed by atoms with E-state index >= 15 is 9.59 Å². The summed E-state index contributed by atoms with van der Waals surface area (Å²) < 4.78 is 37.8. The zero-order valence-corrected chi connectivity index (χ0v) is 56.3. The molecule has 1 fully saturated rings. The van der Waals surface area contributed by atoms with E-state index in [9.17, 15) is 44.1 Å². The Morgan fingerprint density at radius 3 is 2.24 bits per heavy atom. The van der Waals surface area contributed by atoms with Crippen LogP contribution in [-0.4, -0.2) is 179 Å². The molecule has 8 aromatic rings. The first-order valence-corrected chi connectivity index (χ1v) is 33.9. The van der Waals surface area contributed by atoms with Gasteiger partial charge in [0, 0.05) is 55.4 Å². The van der Waals surface area contributed by atoms with Crippen LogP contribution in [0.2, 0.25) is 0 Å². The number of nitrogens with two attached hydrogens (primary N) is 1. The summed E-state index contributed by atoms with van der Waals surface area (Å²) in [6, 6.07) is 1.24. The number of likely N-dealkylation sites (N-methyl/N-ethyl adjacent to an activating group) is 1. The first-order chi connectivity index (χ1) is 46.2. The molecule has 4 aliphatic heterocycles. The third-order valence-electron chi connectivity index (χ3n) is 16.2. The Morgan fingerprint density at radius 1 is 0.845 bits per heavy atom. The van der Waals surface area contributed by atoms with Crippen molar-refractivity contribution >= 4 is 121 Å². The van der Waals surface area contributed by atoms with Gasteiger partial charge in [-0.1, -0.05) is 18.7 Å². The Labute approximate surface area is 569 Å². The number of ether oxygens (including phenoxy) is 6. The van der Waals surface area contributed by atoms with Gasteiger partial charge < -0.3 is 85.9 Å². The number of pyridine rings is 1. The van der Waals surface area contributed by atoms with Crippen LogP contribution in [0, 0.1) is 0 Å². The van der Waals surface area contributed by atoms with E-state index in [1.54, 1.807) is 56.4 Å². The molecule has 6 amide bonds. The average molecular weight is 1420 g/mol. The molecule has 11 N–H and O–H groups in total. The lowest BCUT2D eigenvalue weighted by Crippen LogP contribution is -2.62. The number of allylic oxidation sites excluding steroid dienone is 1. The second-order valence-electron chi connectivity index (χ2n) is 23.2. The van der Waals surface area contributed by atoms with Gasteiger partial charge in [-0.3, -0.25) is 28.8 Å². The molecule has 97 heavy (non-hydrogen) atoms. The van der Waals surface area contributed by atoms with Gasteiger partial charge in [0.2, 0.25) is 5.91 Å². The number of rotatable bonds is 9. The number of H-pyrrole nitrogens is 1. The zero-order valence-electron chi connectivity index (χ0n) is 52.2. The Hall–Kier alpha value is -9.34. The Morgan fingerprint density at radius 2 is 1.52 bits per heavy atom. The van der Waals surface area contributed by atoms with Crippen LogP contribution in [0.4, 0.5) is 0 Å². The predicted molar refractivity (Wildman–Crippen MR) is 349 cm³/mol. The number of aromatic hydroxyl groups is 1. The fourth-order valence-corrected chi connectivity index (χ4v) is 15.8. The van der Waals surface area contributed by atoms with Crippen LogP contribution in [0.25, 0.3) is 49.3 Å². The van der Waals surface area contributed by atoms with Crippen molar-refractivity contribution in [1.82, 2.24) is 66.4 Å². The van der Waals surface area contributed by atoms with E-state index in [0.717, 1.165) is 56.7 Å². The lowest BCUT2D eigenvalue weighted by Gasteiger charge is -2.48. The number of aliphatic hydroxyl groups excluding tert-OH is 1. The molecule has 1 aromatic carbocycles. The molecule has 0 saturated carbocycles. The normalized spacial score (nSPS) is 24.1. The van der Waals surface area contributed by atoms with E-state index in [1.165, 1.54) is 48.5 Å². The number of aromatic nitrogens is 7. The topological polar surface area (TPSA) is 435 Å². The minimum atomic E-state index is -1.86. The summed E-state index contributed by atoms with van der Waals surface area (Å²) in [6.45, 7) is 8.10. The maximum atomic E-state index is 15.2. The van der Waals surface area contributed by atoms with Crippen molar-refractivity contribution in [3.05, 3.63) is 124 Å². The molecule has 0 unspecified atom stereocenters. The summed E-state index contributed by atoms with van der Waals surface area (Å²) in [5.74, 6) is -7.84. The van der Waals surface area contributed by atoms with Gasteiger partial charge in [0.1, 0.15) is 125 Å². The fourth-order valence-electron chi connectivity index (χ4n) is 11.6. The quantitative estimate of drug-likeness (QED) is 0.0550. The number of fused-ring (bicyclic) bond motifs is 15. The maximum absolute atomic E-state index is 15.2. The molecular weight excluding hydrogens is 1360 g/mol. The van der Waals surface area contributed by atoms with Crippen molar-refractivity contribution in [2.45, 2.75) is 108 Å². The molecule has 1 saturated heterocycles. The molecule has 0 radical (unpaired) electrons. The highest BCUT2D eigenvalue weighted by Gasteiger charge is 2.50. The van der Waals surface area contributed by atoms with Crippen LogP contribution < -0.4 is 32.3 Å². The highest BCUT2D eigenvalue weighted by Crippen LogP contribution is 2.43. The number of benzene rings is 1. The largest absolute Gasteiger partial charge is 0.506 e. The molecule has 36 heteroatoms. The number of aliphatic hydroxyl groups is 2. The van der Waals surface area contributed by atoms with Crippen molar-refractivity contribution < 1.29 is 82.1 Å². The summed E-state index contributed by atoms with van der Waals surface area (Å²) in [6.07, 6.45) is -7.30. The smallest absolute Gasteiger partial charge is 0.355 e. The van der Waals surface area contributed by atoms with Crippen LogP contribution >= 0.6 is 56.7 Å². The van der Waals surface area contributed by atoms with Crippen molar-refractivity contribution in [2.24, 2.45) is 5.73 Å². The van der Waals surface area contributed by atoms with Gasteiger partial charge in [0.05, 0.1) is 43.3 Å². The van der Waals surface area contributed by atoms with Gasteiger partial charge in [-0.2, -0.15) is 0 Å². The van der Waals surface area contributed by atoms with E-state index in [1.807, 2.05) is 0 Å². The van der Waals surface area contributed by atoms with Crippen molar-refractivity contribution in [1.29, 1.82) is 0 Å². The number of nitrogens with zero attached hydrogens (tertiary/aromatic N) is 7. The first kappa shape index (κ1) is 67.6. The summed E-state index contributed by atoms with van der Waals surface area (Å²) in [5.41, 5.74) is 3.34. The van der Waals surface area contributed by atoms with E-state index < -0.39 is 133 Å². The predicted octanol–water partition coefficient (Wildman–Crippen LogP) is 4.18. The molecule has 31 nitrogen and oxygen atoms in total. The molecule has 0 spiro atoms. The number of cyclic esters (lactones) is 2. The van der Waals surface area contributed by atoms with Crippen LogP contribution in [0.1, 0.15) is 125 Å². The third-order valence-corrected chi connectivity index (χ3v) is 20.7. The van der Waals surface area contributed by atoms with Crippen LogP contribution in [0.3, 0.4) is 0 Å². The summed E-state index contributed by atoms with van der Waals surface area (Å²) >= 11 is 4.59. The van der Waals surface area contributed by atoms with Gasteiger partial charge >= 0.3 is 11.9 Å². The molecule has 12 bridgehead atoms. The number of primary amides is 1. The van der Waals surface area contributed by atoms with Crippen molar-refractivity contribution in [3.63, 3.8) is 0 Å². The van der Waals surface area contributed by atoms with Crippen molar-refractivity contribution in [3.8, 4) is 38.4 Å². The maximum Gasteiger partial charge on any atom is 0.355 e. The molecule has 506 valence electrons. The summed E-state index contributed by atoms with van der Waals surface area (Å²) in [4.78, 5) is 147. The van der Waals surface area contributed by atoms with Gasteiger partial charge in [-0.25, -0.2) is 39.5 Å². The molecular formula is C61H60N14O17S5. The second kappa shape index (κ2) is 27.3. The number of hydrogen-bond acceptors (Lipinski definition) is 29. The minimum Gasteiger partial charge on any atom is -0.506 e. The highest BCUT2D eigenvalue weighted by molar-refractivity contribution is 7.14. The van der Waals surface area contributed by atoms with Gasteiger partial charge in [0.15, 0.2) is 12.4 Å². The Bertz CT molecular complexity index is 4550. The first-order valence-electron chi connectivity index (χ1n) is 29.5. The molecule has 11 heterocycles. The zero-order chi connectivity index (χ0) is 69.0. The van der Waals surface area contributed by atoms with Gasteiger partial charge in [0.25, 0.3) is 29.5 Å². The number of aromatic amines is 1. The molecule has 0 aliphatic carbocycles. The van der Waals surface area contributed by atoms with Gasteiger partial charge in [-0.15, -0.1) is 56.7 Å². The summed E-state index contributed by atoms with van der Waals surface area (Å²) in [7, 11) is 4.88. The Balaban J connectivity index is 1.03. The average Bonchev–Trinajstić information content (AvgIpc) is 1.76. The van der Waals surface area contributed by atoms with Crippen LogP contribution in [0.15, 0.2) is 69.2 Å². The number of nitrogens with one attached hydrogen (secondary N) is 6. The van der Waals surface area contributed by atoms with E-state index in [-0.39, 0.29) is 106 Å². The third kappa shape index (κ3) is 13.6. The fraction of sp³-hybridized carbons (Fsp3) is 0.344. The molecule has 4 aliphatic rings. The number of esters is 2. The number of methoxy groups -OCH3 is 1. The van der Waals surface area contributed by atoms with E-state index in [2.05, 4.69) is 53.1 Å². The van der Waals surface area contributed by atoms with Crippen LogP contribution in [0.5, 0.6) is 5.75 Å². The lowest BCUT2D eigenvalue weighted by atomic mass is 9.85. The lowest BCUT2D eigenvalue weighted by molar-refractivity contribution is -0.280. The summed E-state index contributed by atoms with van der Waals surface area (Å²) in [5, 5.41) is 55.8. The minimum absolute atomic E-state index is 0.00124. The van der Waals surface area contributed by atoms with Gasteiger partial charge in [-0.05, 0) is 59.5 Å². The molecule has 7 aromatic heterocycles. The SMILES string of the molecule is C=C(NC(=O)c1csc(-c2nc3c(cc2O)-c2nc(cs2)C(=O)N[C@H]([C@H](C)O)C(=O)N/C(=C(\C)OC)c2nc(cs2)C(=O)N[C@@H]2c4nc(cs4)C(=O)N[C@@H](COC(=O)c4[nH]c5cccc6c5c4CO[C@@H]2[C@H](O[C@H]2C[C@@](C)(O)[C@@H](N(C)C)[C@H](C)O2)C(=O)OC6)c2nc-3cs2)n1)C(N)=O. The van der Waals surface area contributed by atoms with E-state index in [0.29, 0.717) is 16.5 Å². The molecule has 10 atom stereocenters. The highest BCUT2D eigenvalue weighted by atomic mass is 32.1. The number of hydrogen-bond donors (Lipinski definition) is 10. The number of carbonyl (C=O) groups excluding carboxylic acids is 8. The number of thiazole rings is 5. The van der Waals surface area contributed by atoms with Crippen molar-refractivity contribution in [2.75, 3.05) is 27.8 Å². The van der Waals surface area contributed by atoms with Crippen LogP contribution in [-0.2, 0) is 56.0 Å². The Kier molecular flexibility index (Phi) is 19.0. The number of carbonyl (C=O) groups is 8. The monoisotopic (exact) mass is 1420 g/mol. The number of amides is 6.